The molecule has 0 saturated carbocycles. The zero-order chi connectivity index (χ0) is 12.5. The fourth-order valence-electron chi connectivity index (χ4n) is 1.96. The van der Waals surface area contributed by atoms with Crippen LogP contribution in [0.3, 0.4) is 0 Å². The molecule has 5 nitrogen and oxygen atoms in total. The predicted molar refractivity (Wildman–Crippen MR) is 64.7 cm³/mol. The van der Waals surface area contributed by atoms with Crippen molar-refractivity contribution in [3.63, 3.8) is 0 Å². The minimum atomic E-state index is -0.525. The van der Waals surface area contributed by atoms with E-state index in [4.69, 9.17) is 10.5 Å². The number of pyridine rings is 1. The number of hydrogen-bond acceptors (Lipinski definition) is 4. The number of ether oxygens (including phenoxy) is 1. The number of rotatable bonds is 3. The standard InChI is InChI=1S/C12H17N3O2/c1-12(2,5-6-13)9-11(16)15-10-8(17-9)4-3-7-14-10/h3-4,7,9H,5-6,13H2,1-2H3,(H,14,15,16). The lowest BCUT2D eigenvalue weighted by atomic mass is 9.82. The van der Waals surface area contributed by atoms with Crippen LogP contribution in [0, 0.1) is 5.41 Å². The number of amides is 1. The number of nitrogens with zero attached hydrogens (tertiary/aromatic N) is 1. The Bertz CT molecular complexity index is 432. The molecule has 1 atom stereocenters. The fraction of sp³-hybridized carbons (Fsp3) is 0.500. The first-order chi connectivity index (χ1) is 8.04. The van der Waals surface area contributed by atoms with Crippen LogP contribution in [-0.2, 0) is 4.79 Å². The number of nitrogens with two attached hydrogens (primary N) is 1. The molecule has 1 unspecified atom stereocenters. The van der Waals surface area contributed by atoms with Crippen molar-refractivity contribution in [2.45, 2.75) is 26.4 Å². The van der Waals surface area contributed by atoms with Crippen LogP contribution in [0.4, 0.5) is 5.82 Å². The van der Waals surface area contributed by atoms with Crippen LogP contribution < -0.4 is 15.8 Å². The lowest BCUT2D eigenvalue weighted by Gasteiger charge is -2.36. The number of aromatic nitrogens is 1. The van der Waals surface area contributed by atoms with Gasteiger partial charge in [-0.3, -0.25) is 4.79 Å². The predicted octanol–water partition coefficient (Wildman–Crippen LogP) is 1.16. The van der Waals surface area contributed by atoms with E-state index >= 15 is 0 Å². The lowest BCUT2D eigenvalue weighted by molar-refractivity contribution is -0.128. The zero-order valence-corrected chi connectivity index (χ0v) is 10.1. The van der Waals surface area contributed by atoms with E-state index in [-0.39, 0.29) is 11.3 Å². The number of carbonyl (C=O) groups is 1. The second kappa shape index (κ2) is 4.33. The van der Waals surface area contributed by atoms with Crippen molar-refractivity contribution in [1.82, 2.24) is 4.98 Å². The van der Waals surface area contributed by atoms with Gasteiger partial charge in [0, 0.05) is 11.6 Å². The summed E-state index contributed by atoms with van der Waals surface area (Å²) in [5.74, 6) is 0.939. The highest BCUT2D eigenvalue weighted by Gasteiger charge is 2.40. The molecule has 0 saturated heterocycles. The first-order valence-corrected chi connectivity index (χ1v) is 5.67. The molecule has 17 heavy (non-hydrogen) atoms. The molecule has 1 aliphatic heterocycles. The van der Waals surface area contributed by atoms with E-state index in [9.17, 15) is 4.79 Å². The van der Waals surface area contributed by atoms with Crippen molar-refractivity contribution in [2.24, 2.45) is 11.1 Å². The summed E-state index contributed by atoms with van der Waals surface area (Å²) in [5, 5.41) is 2.76. The quantitative estimate of drug-likeness (QED) is 0.824. The minimum absolute atomic E-state index is 0.158. The fourth-order valence-corrected chi connectivity index (χ4v) is 1.96. The van der Waals surface area contributed by atoms with Crippen molar-refractivity contribution >= 4 is 11.7 Å². The third kappa shape index (κ3) is 2.24. The third-order valence-corrected chi connectivity index (χ3v) is 2.99. The van der Waals surface area contributed by atoms with Crippen LogP contribution in [0.2, 0.25) is 0 Å². The second-order valence-corrected chi connectivity index (χ2v) is 4.86. The molecule has 0 aromatic carbocycles. The molecule has 0 radical (unpaired) electrons. The normalized spacial score (nSPS) is 19.2. The van der Waals surface area contributed by atoms with Crippen LogP contribution >= 0.6 is 0 Å². The molecule has 2 heterocycles. The average Bonchev–Trinajstić information content (AvgIpc) is 2.27. The average molecular weight is 235 g/mol. The molecule has 1 aliphatic rings. The third-order valence-electron chi connectivity index (χ3n) is 2.99. The van der Waals surface area contributed by atoms with Crippen LogP contribution in [-0.4, -0.2) is 23.5 Å². The topological polar surface area (TPSA) is 77.2 Å². The van der Waals surface area contributed by atoms with Gasteiger partial charge in [0.1, 0.15) is 0 Å². The van der Waals surface area contributed by atoms with Crippen LogP contribution in [0.5, 0.6) is 5.75 Å². The monoisotopic (exact) mass is 235 g/mol. The molecule has 1 aromatic heterocycles. The molecule has 0 spiro atoms. The molecule has 0 bridgehead atoms. The molecular weight excluding hydrogens is 218 g/mol. The van der Waals surface area contributed by atoms with E-state index in [1.54, 1.807) is 18.3 Å². The summed E-state index contributed by atoms with van der Waals surface area (Å²) in [4.78, 5) is 16.0. The summed E-state index contributed by atoms with van der Waals surface area (Å²) in [6.45, 7) is 4.48. The van der Waals surface area contributed by atoms with Gasteiger partial charge in [-0.05, 0) is 25.1 Å². The molecule has 0 fully saturated rings. The largest absolute Gasteiger partial charge is 0.476 e. The maximum atomic E-state index is 12.0. The Balaban J connectivity index is 2.26. The van der Waals surface area contributed by atoms with Crippen molar-refractivity contribution < 1.29 is 9.53 Å². The smallest absolute Gasteiger partial charge is 0.267 e. The van der Waals surface area contributed by atoms with E-state index in [0.717, 1.165) is 6.42 Å². The summed E-state index contributed by atoms with van der Waals surface area (Å²) in [6, 6.07) is 3.58. The summed E-state index contributed by atoms with van der Waals surface area (Å²) >= 11 is 0. The Kier molecular flexibility index (Phi) is 3.02. The SMILES string of the molecule is CC(C)(CCN)C1Oc2cccnc2NC1=O. The van der Waals surface area contributed by atoms with Gasteiger partial charge < -0.3 is 15.8 Å². The highest BCUT2D eigenvalue weighted by atomic mass is 16.5. The van der Waals surface area contributed by atoms with E-state index < -0.39 is 6.10 Å². The first-order valence-electron chi connectivity index (χ1n) is 5.67. The number of carbonyl (C=O) groups excluding carboxylic acids is 1. The molecule has 5 heteroatoms. The molecular formula is C12H17N3O2. The van der Waals surface area contributed by atoms with Crippen molar-refractivity contribution in [1.29, 1.82) is 0 Å². The second-order valence-electron chi connectivity index (χ2n) is 4.86. The number of anilines is 1. The maximum absolute atomic E-state index is 12.0. The van der Waals surface area contributed by atoms with Gasteiger partial charge in [-0.2, -0.15) is 0 Å². The highest BCUT2D eigenvalue weighted by Crippen LogP contribution is 2.35. The highest BCUT2D eigenvalue weighted by molar-refractivity contribution is 5.97. The summed E-state index contributed by atoms with van der Waals surface area (Å²) in [7, 11) is 0. The Morgan fingerprint density at radius 3 is 3.06 bits per heavy atom. The molecule has 1 amide bonds. The van der Waals surface area contributed by atoms with E-state index in [2.05, 4.69) is 10.3 Å². The van der Waals surface area contributed by atoms with Gasteiger partial charge in [0.15, 0.2) is 17.7 Å². The van der Waals surface area contributed by atoms with Gasteiger partial charge in [-0.15, -0.1) is 0 Å². The van der Waals surface area contributed by atoms with Gasteiger partial charge in [0.25, 0.3) is 5.91 Å². The van der Waals surface area contributed by atoms with Crippen molar-refractivity contribution in [2.75, 3.05) is 11.9 Å². The van der Waals surface area contributed by atoms with Gasteiger partial charge in [0.05, 0.1) is 0 Å². The molecule has 0 aliphatic carbocycles. The van der Waals surface area contributed by atoms with E-state index in [1.165, 1.54) is 0 Å². The van der Waals surface area contributed by atoms with E-state index in [1.807, 2.05) is 13.8 Å². The van der Waals surface area contributed by atoms with Crippen LogP contribution in [0.15, 0.2) is 18.3 Å². The number of nitrogens with one attached hydrogen (secondary N) is 1. The summed E-state index contributed by atoms with van der Waals surface area (Å²) in [6.07, 6.45) is 1.82. The minimum Gasteiger partial charge on any atom is -0.476 e. The molecule has 1 aromatic rings. The van der Waals surface area contributed by atoms with Crippen LogP contribution in [0.1, 0.15) is 20.3 Å². The van der Waals surface area contributed by atoms with Gasteiger partial charge in [-0.1, -0.05) is 13.8 Å². The lowest BCUT2D eigenvalue weighted by Crippen LogP contribution is -2.47. The summed E-state index contributed by atoms with van der Waals surface area (Å²) < 4.78 is 5.73. The molecule has 3 N–H and O–H groups in total. The Labute approximate surface area is 100 Å². The van der Waals surface area contributed by atoms with Crippen molar-refractivity contribution in [3.8, 4) is 5.75 Å². The molecule has 2 rings (SSSR count). The van der Waals surface area contributed by atoms with Gasteiger partial charge in [0.2, 0.25) is 0 Å². The molecule has 92 valence electrons. The van der Waals surface area contributed by atoms with Crippen molar-refractivity contribution in [3.05, 3.63) is 18.3 Å². The number of fused-ring (bicyclic) bond motifs is 1. The summed E-state index contributed by atoms with van der Waals surface area (Å²) in [5.41, 5.74) is 5.26. The van der Waals surface area contributed by atoms with Gasteiger partial charge >= 0.3 is 0 Å². The Morgan fingerprint density at radius 2 is 2.35 bits per heavy atom. The number of hydrogen-bond donors (Lipinski definition) is 2. The first kappa shape index (κ1) is 11.9. The maximum Gasteiger partial charge on any atom is 0.267 e. The van der Waals surface area contributed by atoms with E-state index in [0.29, 0.717) is 18.1 Å². The Morgan fingerprint density at radius 1 is 1.59 bits per heavy atom. The Hall–Kier alpha value is -1.62. The zero-order valence-electron chi connectivity index (χ0n) is 10.1. The van der Waals surface area contributed by atoms with Crippen LogP contribution in [0.25, 0.3) is 0 Å². The van der Waals surface area contributed by atoms with Gasteiger partial charge in [-0.25, -0.2) is 4.98 Å².